The minimum Gasteiger partial charge on any atom is -0.368 e. The molecule has 0 spiro atoms. The molecule has 0 atom stereocenters. The Labute approximate surface area is 116 Å². The van der Waals surface area contributed by atoms with Crippen molar-refractivity contribution < 1.29 is 4.79 Å². The van der Waals surface area contributed by atoms with Gasteiger partial charge < -0.3 is 4.90 Å². The molecule has 0 N–H and O–H groups in total. The summed E-state index contributed by atoms with van der Waals surface area (Å²) in [6.07, 6.45) is 0.570. The van der Waals surface area contributed by atoms with Gasteiger partial charge in [0.1, 0.15) is 0 Å². The maximum Gasteiger partial charge on any atom is 0.162 e. The van der Waals surface area contributed by atoms with Gasteiger partial charge in [0, 0.05) is 42.8 Å². The molecule has 1 aliphatic heterocycles. The molecule has 3 heteroatoms. The monoisotopic (exact) mass is 260 g/mol. The summed E-state index contributed by atoms with van der Waals surface area (Å²) in [5.74, 6) is 0.213. The number of likely N-dealkylation sites (N-methyl/N-ethyl adjacent to an activating group) is 1. The molecule has 1 aromatic rings. The molecule has 0 radical (unpaired) electrons. The molecule has 19 heavy (non-hydrogen) atoms. The number of carbonyl (C=O) groups is 1. The van der Waals surface area contributed by atoms with E-state index < -0.39 is 0 Å². The molecule has 1 aliphatic rings. The first-order chi connectivity index (χ1) is 8.94. The van der Waals surface area contributed by atoms with Crippen molar-refractivity contribution in [1.82, 2.24) is 4.90 Å². The molecular formula is C16H24N2O. The Balaban J connectivity index is 2.13. The summed E-state index contributed by atoms with van der Waals surface area (Å²) in [4.78, 5) is 16.4. The van der Waals surface area contributed by atoms with Gasteiger partial charge in [-0.25, -0.2) is 0 Å². The summed E-state index contributed by atoms with van der Waals surface area (Å²) in [5, 5.41) is 0. The Bertz CT molecular complexity index is 450. The summed E-state index contributed by atoms with van der Waals surface area (Å²) < 4.78 is 0. The third-order valence-electron chi connectivity index (χ3n) is 4.19. The number of anilines is 1. The number of carbonyl (C=O) groups excluding carboxylic acids is 1. The van der Waals surface area contributed by atoms with Gasteiger partial charge in [-0.2, -0.15) is 0 Å². The predicted molar refractivity (Wildman–Crippen MR) is 80.0 cm³/mol. The van der Waals surface area contributed by atoms with Crippen LogP contribution < -0.4 is 4.90 Å². The molecule has 2 rings (SSSR count). The van der Waals surface area contributed by atoms with Crippen molar-refractivity contribution in [2.45, 2.75) is 32.7 Å². The SMILES string of the molecule is CCC(=O)c1ccc(N2CCN(C)C(C)(C)C2)cc1. The van der Waals surface area contributed by atoms with Crippen LogP contribution >= 0.6 is 0 Å². The van der Waals surface area contributed by atoms with Crippen LogP contribution in [0.25, 0.3) is 0 Å². The minimum absolute atomic E-state index is 0.191. The second-order valence-corrected chi connectivity index (χ2v) is 5.98. The zero-order valence-corrected chi connectivity index (χ0v) is 12.4. The molecule has 0 aliphatic carbocycles. The highest BCUT2D eigenvalue weighted by atomic mass is 16.1. The second-order valence-electron chi connectivity index (χ2n) is 5.98. The smallest absolute Gasteiger partial charge is 0.162 e. The number of ketones is 1. The highest BCUT2D eigenvalue weighted by Crippen LogP contribution is 2.24. The molecule has 1 aromatic carbocycles. The van der Waals surface area contributed by atoms with Crippen molar-refractivity contribution >= 4 is 11.5 Å². The predicted octanol–water partition coefficient (Wildman–Crippen LogP) is 2.81. The zero-order chi connectivity index (χ0) is 14.0. The average Bonchev–Trinajstić information content (AvgIpc) is 2.41. The van der Waals surface area contributed by atoms with E-state index in [9.17, 15) is 4.79 Å². The molecule has 0 unspecified atom stereocenters. The highest BCUT2D eigenvalue weighted by molar-refractivity contribution is 5.96. The van der Waals surface area contributed by atoms with Crippen molar-refractivity contribution in [3.63, 3.8) is 0 Å². The lowest BCUT2D eigenvalue weighted by Crippen LogP contribution is -2.57. The van der Waals surface area contributed by atoms with Gasteiger partial charge in [-0.3, -0.25) is 9.69 Å². The van der Waals surface area contributed by atoms with Crippen LogP contribution in [0.4, 0.5) is 5.69 Å². The Hall–Kier alpha value is -1.35. The number of rotatable bonds is 3. The minimum atomic E-state index is 0.191. The molecule has 1 fully saturated rings. The van der Waals surface area contributed by atoms with Crippen molar-refractivity contribution in [1.29, 1.82) is 0 Å². The molecule has 0 bridgehead atoms. The molecular weight excluding hydrogens is 236 g/mol. The van der Waals surface area contributed by atoms with Crippen molar-refractivity contribution in [2.24, 2.45) is 0 Å². The molecule has 0 aromatic heterocycles. The van der Waals surface area contributed by atoms with Crippen LogP contribution in [0.3, 0.4) is 0 Å². The summed E-state index contributed by atoms with van der Waals surface area (Å²) in [5.41, 5.74) is 2.23. The summed E-state index contributed by atoms with van der Waals surface area (Å²) >= 11 is 0. The largest absolute Gasteiger partial charge is 0.368 e. The van der Waals surface area contributed by atoms with Crippen molar-refractivity contribution in [3.05, 3.63) is 29.8 Å². The van der Waals surface area contributed by atoms with Crippen LogP contribution in [0, 0.1) is 0 Å². The van der Waals surface area contributed by atoms with Crippen molar-refractivity contribution in [2.75, 3.05) is 31.6 Å². The second kappa shape index (κ2) is 5.33. The van der Waals surface area contributed by atoms with Gasteiger partial charge in [0.2, 0.25) is 0 Å². The lowest BCUT2D eigenvalue weighted by Gasteiger charge is -2.46. The number of piperazine rings is 1. The standard InChI is InChI=1S/C16H24N2O/c1-5-15(19)13-6-8-14(9-7-13)18-11-10-17(4)16(2,3)12-18/h6-9H,5,10-12H2,1-4H3. The Kier molecular flexibility index (Phi) is 3.95. The highest BCUT2D eigenvalue weighted by Gasteiger charge is 2.30. The van der Waals surface area contributed by atoms with Crippen molar-refractivity contribution in [3.8, 4) is 0 Å². The fourth-order valence-electron chi connectivity index (χ4n) is 2.52. The lowest BCUT2D eigenvalue weighted by molar-refractivity contribution is 0.0988. The van der Waals surface area contributed by atoms with E-state index in [0.29, 0.717) is 6.42 Å². The van der Waals surface area contributed by atoms with E-state index in [0.717, 1.165) is 25.2 Å². The van der Waals surface area contributed by atoms with Crippen LogP contribution in [0.5, 0.6) is 0 Å². The summed E-state index contributed by atoms with van der Waals surface area (Å²) in [6, 6.07) is 8.05. The van der Waals surface area contributed by atoms with Gasteiger partial charge >= 0.3 is 0 Å². The zero-order valence-electron chi connectivity index (χ0n) is 12.4. The summed E-state index contributed by atoms with van der Waals surface area (Å²) in [7, 11) is 2.18. The first kappa shape index (κ1) is 14.1. The molecule has 1 heterocycles. The van der Waals surface area contributed by atoms with E-state index in [2.05, 4.69) is 42.8 Å². The van der Waals surface area contributed by atoms with E-state index in [1.807, 2.05) is 19.1 Å². The number of Topliss-reactive ketones (excluding diaryl/α,β-unsaturated/α-hetero) is 1. The van der Waals surface area contributed by atoms with Gasteiger partial charge in [-0.15, -0.1) is 0 Å². The first-order valence-electron chi connectivity index (χ1n) is 7.03. The van der Waals surface area contributed by atoms with Crippen LogP contribution in [0.1, 0.15) is 37.6 Å². The number of hydrogen-bond acceptors (Lipinski definition) is 3. The molecule has 0 amide bonds. The van der Waals surface area contributed by atoms with Gasteiger partial charge in [-0.1, -0.05) is 6.92 Å². The van der Waals surface area contributed by atoms with E-state index in [-0.39, 0.29) is 11.3 Å². The van der Waals surface area contributed by atoms with Crippen LogP contribution in [-0.4, -0.2) is 42.9 Å². The average molecular weight is 260 g/mol. The van der Waals surface area contributed by atoms with Gasteiger partial charge in [0.25, 0.3) is 0 Å². The normalized spacial score (nSPS) is 19.5. The third-order valence-corrected chi connectivity index (χ3v) is 4.19. The summed E-state index contributed by atoms with van der Waals surface area (Å²) in [6.45, 7) is 9.58. The van der Waals surface area contributed by atoms with E-state index in [4.69, 9.17) is 0 Å². The molecule has 0 saturated carbocycles. The Morgan fingerprint density at radius 1 is 1.21 bits per heavy atom. The maximum atomic E-state index is 11.6. The molecule has 3 nitrogen and oxygen atoms in total. The number of benzene rings is 1. The van der Waals surface area contributed by atoms with Gasteiger partial charge in [0.15, 0.2) is 5.78 Å². The van der Waals surface area contributed by atoms with Gasteiger partial charge in [0.05, 0.1) is 0 Å². The first-order valence-corrected chi connectivity index (χ1v) is 7.03. The van der Waals surface area contributed by atoms with Gasteiger partial charge in [-0.05, 0) is 45.2 Å². The molecule has 1 saturated heterocycles. The third kappa shape index (κ3) is 2.98. The van der Waals surface area contributed by atoms with Crippen LogP contribution in [-0.2, 0) is 0 Å². The molecule has 104 valence electrons. The maximum absolute atomic E-state index is 11.6. The Morgan fingerprint density at radius 3 is 2.37 bits per heavy atom. The van der Waals surface area contributed by atoms with Crippen LogP contribution in [0.15, 0.2) is 24.3 Å². The van der Waals surface area contributed by atoms with E-state index in [1.165, 1.54) is 5.69 Å². The topological polar surface area (TPSA) is 23.6 Å². The van der Waals surface area contributed by atoms with E-state index >= 15 is 0 Å². The van der Waals surface area contributed by atoms with E-state index in [1.54, 1.807) is 0 Å². The number of nitrogens with zero attached hydrogens (tertiary/aromatic N) is 2. The fraction of sp³-hybridized carbons (Fsp3) is 0.562. The quantitative estimate of drug-likeness (QED) is 0.781. The lowest BCUT2D eigenvalue weighted by atomic mass is 9.99. The number of hydrogen-bond donors (Lipinski definition) is 0. The Morgan fingerprint density at radius 2 is 1.84 bits per heavy atom. The fourth-order valence-corrected chi connectivity index (χ4v) is 2.52. The van der Waals surface area contributed by atoms with Crippen LogP contribution in [0.2, 0.25) is 0 Å².